The van der Waals surface area contributed by atoms with Crippen LogP contribution in [-0.4, -0.2) is 30.2 Å². The normalized spacial score (nSPS) is 25.8. The van der Waals surface area contributed by atoms with Gasteiger partial charge in [0.05, 0.1) is 12.7 Å². The van der Waals surface area contributed by atoms with Crippen LogP contribution < -0.4 is 16.6 Å². The highest BCUT2D eigenvalue weighted by Crippen LogP contribution is 2.21. The maximum absolute atomic E-state index is 5.52. The van der Waals surface area contributed by atoms with Crippen LogP contribution >= 0.6 is 12.2 Å². The van der Waals surface area contributed by atoms with Gasteiger partial charge in [-0.15, -0.1) is 0 Å². The van der Waals surface area contributed by atoms with Gasteiger partial charge in [-0.05, 0) is 26.1 Å². The van der Waals surface area contributed by atoms with E-state index in [4.69, 9.17) is 15.2 Å². The fourth-order valence-electron chi connectivity index (χ4n) is 1.12. The molecule has 1 aliphatic rings. The number of hydrazine groups is 1. The number of hydrogen-bond donors (Lipinski definition) is 3. The molecule has 1 fully saturated rings. The third kappa shape index (κ3) is 3.86. The quantitative estimate of drug-likeness (QED) is 0.425. The lowest BCUT2D eigenvalue weighted by Gasteiger charge is -2.17. The van der Waals surface area contributed by atoms with E-state index in [9.17, 15) is 0 Å². The molecule has 0 aliphatic carbocycles. The Hall–Kier alpha value is -0.430. The van der Waals surface area contributed by atoms with Crippen LogP contribution in [0.1, 0.15) is 13.8 Å². The van der Waals surface area contributed by atoms with Crippen LogP contribution in [-0.2, 0) is 9.47 Å². The van der Waals surface area contributed by atoms with E-state index >= 15 is 0 Å². The van der Waals surface area contributed by atoms with Crippen molar-refractivity contribution in [2.75, 3.05) is 13.2 Å². The zero-order chi connectivity index (χ0) is 9.90. The van der Waals surface area contributed by atoms with Crippen LogP contribution in [0.15, 0.2) is 0 Å². The van der Waals surface area contributed by atoms with Gasteiger partial charge in [-0.2, -0.15) is 0 Å². The molecule has 0 aromatic heterocycles. The Morgan fingerprint density at radius 1 is 1.69 bits per heavy atom. The Bertz CT molecular complexity index is 198. The van der Waals surface area contributed by atoms with E-state index in [1.54, 1.807) is 0 Å². The molecule has 4 N–H and O–H groups in total. The molecule has 13 heavy (non-hydrogen) atoms. The summed E-state index contributed by atoms with van der Waals surface area (Å²) in [7, 11) is 0. The fourth-order valence-corrected chi connectivity index (χ4v) is 1.19. The molecule has 1 saturated heterocycles. The lowest BCUT2D eigenvalue weighted by molar-refractivity contribution is -0.137. The third-order valence-corrected chi connectivity index (χ3v) is 1.71. The van der Waals surface area contributed by atoms with Crippen molar-refractivity contribution in [1.29, 1.82) is 0 Å². The van der Waals surface area contributed by atoms with Crippen molar-refractivity contribution in [2.45, 2.75) is 25.7 Å². The zero-order valence-corrected chi connectivity index (χ0v) is 8.61. The second-order valence-electron chi connectivity index (χ2n) is 3.32. The molecule has 0 radical (unpaired) electrons. The SMILES string of the molecule is CC1(C)OCC(CNNC(N)=S)O1. The van der Waals surface area contributed by atoms with Crippen molar-refractivity contribution in [1.82, 2.24) is 10.9 Å². The van der Waals surface area contributed by atoms with Gasteiger partial charge < -0.3 is 15.2 Å². The van der Waals surface area contributed by atoms with Crippen molar-refractivity contribution in [3.8, 4) is 0 Å². The van der Waals surface area contributed by atoms with E-state index in [0.717, 1.165) is 0 Å². The van der Waals surface area contributed by atoms with Crippen LogP contribution in [0.4, 0.5) is 0 Å². The van der Waals surface area contributed by atoms with Crippen LogP contribution in [0.25, 0.3) is 0 Å². The predicted octanol–water partition coefficient (Wildman–Crippen LogP) is -0.524. The predicted molar refractivity (Wildman–Crippen MR) is 52.8 cm³/mol. The summed E-state index contributed by atoms with van der Waals surface area (Å²) in [5.41, 5.74) is 10.7. The van der Waals surface area contributed by atoms with E-state index in [2.05, 4.69) is 23.1 Å². The number of rotatable bonds is 3. The lowest BCUT2D eigenvalue weighted by Crippen LogP contribution is -2.45. The van der Waals surface area contributed by atoms with Crippen LogP contribution in [0, 0.1) is 0 Å². The van der Waals surface area contributed by atoms with Gasteiger partial charge in [-0.1, -0.05) is 0 Å². The Morgan fingerprint density at radius 2 is 2.38 bits per heavy atom. The van der Waals surface area contributed by atoms with E-state index in [0.29, 0.717) is 13.2 Å². The Morgan fingerprint density at radius 3 is 2.85 bits per heavy atom. The molecule has 1 heterocycles. The molecule has 1 aliphatic heterocycles. The maximum Gasteiger partial charge on any atom is 0.178 e. The molecular formula is C7H15N3O2S. The maximum atomic E-state index is 5.52. The number of nitrogens with one attached hydrogen (secondary N) is 2. The van der Waals surface area contributed by atoms with Crippen LogP contribution in [0.3, 0.4) is 0 Å². The average Bonchev–Trinajstić information content (AvgIpc) is 2.29. The first kappa shape index (κ1) is 10.6. The topological polar surface area (TPSA) is 68.5 Å². The van der Waals surface area contributed by atoms with Gasteiger partial charge in [0.2, 0.25) is 0 Å². The van der Waals surface area contributed by atoms with E-state index in [1.165, 1.54) is 0 Å². The number of nitrogens with two attached hydrogens (primary N) is 1. The van der Waals surface area contributed by atoms with E-state index < -0.39 is 5.79 Å². The second kappa shape index (κ2) is 4.19. The van der Waals surface area contributed by atoms with Crippen molar-refractivity contribution in [2.24, 2.45) is 5.73 Å². The fraction of sp³-hybridized carbons (Fsp3) is 0.857. The third-order valence-electron chi connectivity index (χ3n) is 1.61. The molecule has 5 nitrogen and oxygen atoms in total. The first-order valence-electron chi connectivity index (χ1n) is 4.10. The minimum atomic E-state index is -0.477. The average molecular weight is 205 g/mol. The van der Waals surface area contributed by atoms with Gasteiger partial charge in [0.1, 0.15) is 0 Å². The molecule has 0 bridgehead atoms. The first-order valence-corrected chi connectivity index (χ1v) is 4.50. The molecule has 1 rings (SSSR count). The monoisotopic (exact) mass is 205 g/mol. The summed E-state index contributed by atoms with van der Waals surface area (Å²) in [6.45, 7) is 4.96. The van der Waals surface area contributed by atoms with E-state index in [1.807, 2.05) is 13.8 Å². The largest absolute Gasteiger partial charge is 0.375 e. The number of thiocarbonyl (C=S) groups is 1. The van der Waals surface area contributed by atoms with Crippen molar-refractivity contribution < 1.29 is 9.47 Å². The van der Waals surface area contributed by atoms with Crippen LogP contribution in [0.5, 0.6) is 0 Å². The van der Waals surface area contributed by atoms with Crippen molar-refractivity contribution >= 4 is 17.3 Å². The molecule has 0 spiro atoms. The molecule has 0 aromatic carbocycles. The molecule has 76 valence electrons. The standard InChI is InChI=1S/C7H15N3O2S/c1-7(2)11-4-5(12-7)3-9-10-6(8)13/h5,9H,3-4H2,1-2H3,(H3,8,10,13). The molecular weight excluding hydrogens is 190 g/mol. The van der Waals surface area contributed by atoms with Crippen LogP contribution in [0.2, 0.25) is 0 Å². The van der Waals surface area contributed by atoms with Gasteiger partial charge >= 0.3 is 0 Å². The smallest absolute Gasteiger partial charge is 0.178 e. The lowest BCUT2D eigenvalue weighted by atomic mass is 10.4. The first-order chi connectivity index (χ1) is 5.99. The summed E-state index contributed by atoms with van der Waals surface area (Å²) >= 11 is 4.61. The molecule has 1 unspecified atom stereocenters. The molecule has 0 saturated carbocycles. The minimum absolute atomic E-state index is 0.0387. The summed E-state index contributed by atoms with van der Waals surface area (Å²) in [5, 5.41) is 0.221. The van der Waals surface area contributed by atoms with Gasteiger partial charge in [0.25, 0.3) is 0 Å². The van der Waals surface area contributed by atoms with Gasteiger partial charge in [0, 0.05) is 6.54 Å². The summed E-state index contributed by atoms with van der Waals surface area (Å²) in [4.78, 5) is 0. The molecule has 6 heteroatoms. The summed E-state index contributed by atoms with van der Waals surface area (Å²) < 4.78 is 10.9. The Labute approximate surface area is 82.9 Å². The highest BCUT2D eigenvalue weighted by atomic mass is 32.1. The van der Waals surface area contributed by atoms with E-state index in [-0.39, 0.29) is 11.2 Å². The van der Waals surface area contributed by atoms with Crippen molar-refractivity contribution in [3.05, 3.63) is 0 Å². The molecule has 1 atom stereocenters. The van der Waals surface area contributed by atoms with Gasteiger partial charge in [0.15, 0.2) is 10.9 Å². The Balaban J connectivity index is 2.14. The zero-order valence-electron chi connectivity index (χ0n) is 7.79. The highest BCUT2D eigenvalue weighted by Gasteiger charge is 2.32. The summed E-state index contributed by atoms with van der Waals surface area (Å²) in [6.07, 6.45) is 0.0387. The number of ether oxygens (including phenoxy) is 2. The second-order valence-corrected chi connectivity index (χ2v) is 3.76. The molecule has 0 amide bonds. The minimum Gasteiger partial charge on any atom is -0.375 e. The summed E-state index contributed by atoms with van der Waals surface area (Å²) in [5.74, 6) is -0.477. The van der Waals surface area contributed by atoms with Gasteiger partial charge in [-0.25, -0.2) is 5.43 Å². The molecule has 0 aromatic rings. The number of hydrogen-bond acceptors (Lipinski definition) is 4. The highest BCUT2D eigenvalue weighted by molar-refractivity contribution is 7.80. The summed E-state index contributed by atoms with van der Waals surface area (Å²) in [6, 6.07) is 0. The Kier molecular flexibility index (Phi) is 3.43. The van der Waals surface area contributed by atoms with Gasteiger partial charge in [-0.3, -0.25) is 5.43 Å². The van der Waals surface area contributed by atoms with Crippen molar-refractivity contribution in [3.63, 3.8) is 0 Å².